The van der Waals surface area contributed by atoms with Gasteiger partial charge in [-0.2, -0.15) is 0 Å². The van der Waals surface area contributed by atoms with E-state index in [0.29, 0.717) is 51.7 Å². The van der Waals surface area contributed by atoms with Crippen LogP contribution in [-0.4, -0.2) is 22.4 Å². The third-order valence-corrected chi connectivity index (χ3v) is 4.90. The first-order valence-corrected chi connectivity index (χ1v) is 9.17. The van der Waals surface area contributed by atoms with E-state index in [4.69, 9.17) is 33.8 Å². The Morgan fingerprint density at radius 2 is 1.82 bits per heavy atom. The molecule has 2 aromatic carbocycles. The van der Waals surface area contributed by atoms with Crippen LogP contribution in [0.25, 0.3) is 0 Å². The minimum Gasteiger partial charge on any atom is -0.454 e. The Morgan fingerprint density at radius 3 is 2.50 bits per heavy atom. The summed E-state index contributed by atoms with van der Waals surface area (Å²) in [6.45, 7) is 0.484. The SMILES string of the molecule is NNc1cc(Cl)c(Oc2ccc3c(c2)CCN(c2ncccn2)C3=O)c(Cl)c1. The number of hydrogen-bond acceptors (Lipinski definition) is 6. The van der Waals surface area contributed by atoms with E-state index in [2.05, 4.69) is 15.4 Å². The van der Waals surface area contributed by atoms with Gasteiger partial charge in [0.05, 0.1) is 15.7 Å². The van der Waals surface area contributed by atoms with Crippen LogP contribution >= 0.6 is 23.2 Å². The topological polar surface area (TPSA) is 93.4 Å². The van der Waals surface area contributed by atoms with Crippen molar-refractivity contribution < 1.29 is 9.53 Å². The number of anilines is 2. The molecular weight excluding hydrogens is 401 g/mol. The fraction of sp³-hybridized carbons (Fsp3) is 0.105. The van der Waals surface area contributed by atoms with Crippen LogP contribution in [0.1, 0.15) is 15.9 Å². The van der Waals surface area contributed by atoms with Gasteiger partial charge >= 0.3 is 0 Å². The summed E-state index contributed by atoms with van der Waals surface area (Å²) in [4.78, 5) is 22.7. The zero-order valence-corrected chi connectivity index (χ0v) is 16.0. The number of ether oxygens (including phenoxy) is 1. The number of hydrogen-bond donors (Lipinski definition) is 2. The molecule has 28 heavy (non-hydrogen) atoms. The van der Waals surface area contributed by atoms with Gasteiger partial charge in [-0.15, -0.1) is 0 Å². The van der Waals surface area contributed by atoms with Crippen LogP contribution < -0.4 is 20.9 Å². The van der Waals surface area contributed by atoms with E-state index in [0.717, 1.165) is 5.56 Å². The van der Waals surface area contributed by atoms with Crippen molar-refractivity contribution in [3.05, 3.63) is 70.0 Å². The number of carbonyl (C=O) groups is 1. The number of nitrogens with two attached hydrogens (primary N) is 1. The molecule has 1 aromatic heterocycles. The van der Waals surface area contributed by atoms with Gasteiger partial charge in [-0.1, -0.05) is 23.2 Å². The van der Waals surface area contributed by atoms with Crippen LogP contribution in [0.2, 0.25) is 10.0 Å². The van der Waals surface area contributed by atoms with Crippen molar-refractivity contribution >= 4 is 40.7 Å². The Balaban J connectivity index is 1.60. The van der Waals surface area contributed by atoms with E-state index in [1.54, 1.807) is 47.6 Å². The van der Waals surface area contributed by atoms with Crippen LogP contribution in [0.15, 0.2) is 48.8 Å². The number of nitrogens with one attached hydrogen (secondary N) is 1. The van der Waals surface area contributed by atoms with Gasteiger partial charge in [0.15, 0.2) is 5.75 Å². The Hall–Kier alpha value is -2.87. The normalized spacial score (nSPS) is 13.2. The predicted molar refractivity (Wildman–Crippen MR) is 108 cm³/mol. The molecule has 0 unspecified atom stereocenters. The molecule has 1 aliphatic heterocycles. The molecule has 3 N–H and O–H groups in total. The lowest BCUT2D eigenvalue weighted by atomic mass is 9.99. The lowest BCUT2D eigenvalue weighted by Crippen LogP contribution is -2.38. The highest BCUT2D eigenvalue weighted by atomic mass is 35.5. The number of halogens is 2. The Labute approximate surface area is 171 Å². The van der Waals surface area contributed by atoms with Crippen molar-refractivity contribution in [3.63, 3.8) is 0 Å². The number of rotatable bonds is 4. The van der Waals surface area contributed by atoms with Gasteiger partial charge in [-0.05, 0) is 48.4 Å². The molecule has 0 fully saturated rings. The fourth-order valence-corrected chi connectivity index (χ4v) is 3.57. The standard InChI is InChI=1S/C19H15Cl2N5O2/c20-15-9-12(25-22)10-16(21)17(15)28-13-2-3-14-11(8-13)4-7-26(18(14)27)19-23-5-1-6-24-19/h1-3,5-6,8-10,25H,4,7,22H2. The number of amides is 1. The molecule has 0 saturated carbocycles. The number of carbonyl (C=O) groups excluding carboxylic acids is 1. The van der Waals surface area contributed by atoms with Crippen molar-refractivity contribution in [1.82, 2.24) is 9.97 Å². The summed E-state index contributed by atoms with van der Waals surface area (Å²) < 4.78 is 5.87. The molecule has 0 bridgehead atoms. The predicted octanol–water partition coefficient (Wildman–Crippen LogP) is 4.06. The lowest BCUT2D eigenvalue weighted by Gasteiger charge is -2.27. The first-order chi connectivity index (χ1) is 13.6. The first-order valence-electron chi connectivity index (χ1n) is 8.42. The molecular formula is C19H15Cl2N5O2. The van der Waals surface area contributed by atoms with Crippen molar-refractivity contribution in [2.24, 2.45) is 5.84 Å². The molecule has 1 amide bonds. The number of fused-ring (bicyclic) bond motifs is 1. The van der Waals surface area contributed by atoms with Crippen molar-refractivity contribution in [1.29, 1.82) is 0 Å². The molecule has 3 aromatic rings. The third-order valence-electron chi connectivity index (χ3n) is 4.34. The summed E-state index contributed by atoms with van der Waals surface area (Å²) in [5.74, 6) is 6.49. The summed E-state index contributed by atoms with van der Waals surface area (Å²) in [6.07, 6.45) is 3.87. The van der Waals surface area contributed by atoms with Gasteiger partial charge in [0, 0.05) is 24.5 Å². The second-order valence-electron chi connectivity index (χ2n) is 6.09. The number of nitrogens with zero attached hydrogens (tertiary/aromatic N) is 3. The van der Waals surface area contributed by atoms with Crippen LogP contribution in [0, 0.1) is 0 Å². The average molecular weight is 416 g/mol. The summed E-state index contributed by atoms with van der Waals surface area (Å²) in [6, 6.07) is 10.2. The molecule has 9 heteroatoms. The summed E-state index contributed by atoms with van der Waals surface area (Å²) in [7, 11) is 0. The molecule has 1 aliphatic rings. The van der Waals surface area contributed by atoms with Crippen LogP contribution in [0.4, 0.5) is 11.6 Å². The molecule has 0 atom stereocenters. The molecule has 0 radical (unpaired) electrons. The van der Waals surface area contributed by atoms with Gasteiger partial charge < -0.3 is 10.2 Å². The third kappa shape index (κ3) is 3.47. The Kier molecular flexibility index (Phi) is 5.04. The molecule has 142 valence electrons. The molecule has 2 heterocycles. The maximum absolute atomic E-state index is 12.8. The first kappa shape index (κ1) is 18.5. The largest absolute Gasteiger partial charge is 0.454 e. The number of benzene rings is 2. The van der Waals surface area contributed by atoms with E-state index in [-0.39, 0.29) is 5.91 Å². The average Bonchev–Trinajstić information content (AvgIpc) is 2.71. The van der Waals surface area contributed by atoms with Gasteiger partial charge in [0.2, 0.25) is 5.95 Å². The van der Waals surface area contributed by atoms with Crippen molar-refractivity contribution in [3.8, 4) is 11.5 Å². The molecule has 0 aliphatic carbocycles. The van der Waals surface area contributed by atoms with E-state index in [1.165, 1.54) is 0 Å². The Morgan fingerprint density at radius 1 is 1.11 bits per heavy atom. The highest BCUT2D eigenvalue weighted by Crippen LogP contribution is 2.39. The van der Waals surface area contributed by atoms with Gasteiger partial charge in [0.1, 0.15) is 5.75 Å². The highest BCUT2D eigenvalue weighted by Gasteiger charge is 2.27. The van der Waals surface area contributed by atoms with Crippen LogP contribution in [-0.2, 0) is 6.42 Å². The fourth-order valence-electron chi connectivity index (χ4n) is 3.01. The monoisotopic (exact) mass is 415 g/mol. The number of hydrazine groups is 1. The molecule has 0 saturated heterocycles. The van der Waals surface area contributed by atoms with Gasteiger partial charge in [0.25, 0.3) is 5.91 Å². The number of nitrogen functional groups attached to an aromatic ring is 1. The van der Waals surface area contributed by atoms with E-state index in [9.17, 15) is 4.79 Å². The van der Waals surface area contributed by atoms with Crippen LogP contribution in [0.3, 0.4) is 0 Å². The van der Waals surface area contributed by atoms with Gasteiger partial charge in [-0.3, -0.25) is 15.5 Å². The van der Waals surface area contributed by atoms with E-state index < -0.39 is 0 Å². The molecule has 7 nitrogen and oxygen atoms in total. The summed E-state index contributed by atoms with van der Waals surface area (Å²) >= 11 is 12.5. The zero-order valence-electron chi connectivity index (χ0n) is 14.5. The molecule has 4 rings (SSSR count). The highest BCUT2D eigenvalue weighted by molar-refractivity contribution is 6.37. The second-order valence-corrected chi connectivity index (χ2v) is 6.90. The lowest BCUT2D eigenvalue weighted by molar-refractivity contribution is 0.0979. The number of aromatic nitrogens is 2. The quantitative estimate of drug-likeness (QED) is 0.492. The second kappa shape index (κ2) is 7.63. The van der Waals surface area contributed by atoms with Crippen molar-refractivity contribution in [2.45, 2.75) is 6.42 Å². The van der Waals surface area contributed by atoms with Crippen molar-refractivity contribution in [2.75, 3.05) is 16.9 Å². The Bertz CT molecular complexity index is 1020. The maximum atomic E-state index is 12.8. The van der Waals surface area contributed by atoms with E-state index >= 15 is 0 Å². The molecule has 0 spiro atoms. The minimum absolute atomic E-state index is 0.145. The van der Waals surface area contributed by atoms with Crippen LogP contribution in [0.5, 0.6) is 11.5 Å². The summed E-state index contributed by atoms with van der Waals surface area (Å²) in [5.41, 5.74) is 4.52. The minimum atomic E-state index is -0.145. The smallest absolute Gasteiger partial charge is 0.260 e. The zero-order chi connectivity index (χ0) is 19.7. The van der Waals surface area contributed by atoms with Gasteiger partial charge in [-0.25, -0.2) is 9.97 Å². The van der Waals surface area contributed by atoms with E-state index in [1.807, 2.05) is 6.07 Å². The maximum Gasteiger partial charge on any atom is 0.260 e. The summed E-state index contributed by atoms with van der Waals surface area (Å²) in [5, 5.41) is 0.642.